The number of aromatic nitrogens is 2. The molecule has 0 unspecified atom stereocenters. The van der Waals surface area contributed by atoms with Crippen LogP contribution in [-0.4, -0.2) is 27.8 Å². The summed E-state index contributed by atoms with van der Waals surface area (Å²) in [5.41, 5.74) is 4.78. The number of amides is 1. The minimum atomic E-state index is -0.184. The quantitative estimate of drug-likeness (QED) is 0.718. The van der Waals surface area contributed by atoms with Crippen LogP contribution in [0.4, 0.5) is 5.69 Å². The fourth-order valence-electron chi connectivity index (χ4n) is 3.01. The molecule has 2 aromatic carbocycles. The van der Waals surface area contributed by atoms with Crippen molar-refractivity contribution < 1.29 is 9.53 Å². The average Bonchev–Trinajstić information content (AvgIpc) is 3.25. The number of aryl methyl sites for hydroxylation is 3. The van der Waals surface area contributed by atoms with Crippen molar-refractivity contribution in [3.8, 4) is 17.0 Å². The molecule has 0 fully saturated rings. The maximum absolute atomic E-state index is 12.3. The van der Waals surface area contributed by atoms with E-state index in [1.807, 2.05) is 56.3 Å². The van der Waals surface area contributed by atoms with E-state index in [9.17, 15) is 4.79 Å². The zero-order valence-corrected chi connectivity index (χ0v) is 16.2. The van der Waals surface area contributed by atoms with Gasteiger partial charge in [0.2, 0.25) is 0 Å². The van der Waals surface area contributed by atoms with Crippen LogP contribution >= 0.6 is 11.8 Å². The molecule has 5 nitrogen and oxygen atoms in total. The summed E-state index contributed by atoms with van der Waals surface area (Å²) in [5.74, 6) is 1.64. The molecular weight excluding hydrogens is 358 g/mol. The molecule has 0 spiro atoms. The zero-order chi connectivity index (χ0) is 18.8. The topological polar surface area (TPSA) is 56.1 Å². The molecule has 0 aliphatic carbocycles. The smallest absolute Gasteiger partial charge is 0.262 e. The first-order valence-corrected chi connectivity index (χ1v) is 9.87. The van der Waals surface area contributed by atoms with Crippen LogP contribution in [0.1, 0.15) is 11.1 Å². The number of carbonyl (C=O) groups excluding carboxylic acids is 1. The van der Waals surface area contributed by atoms with E-state index in [2.05, 4.69) is 21.1 Å². The number of fused-ring (bicyclic) bond motifs is 1. The summed E-state index contributed by atoms with van der Waals surface area (Å²) >= 11 is 1.77. The molecule has 1 aliphatic rings. The molecule has 1 amide bonds. The summed E-state index contributed by atoms with van der Waals surface area (Å²) in [6, 6.07) is 13.7. The van der Waals surface area contributed by atoms with E-state index < -0.39 is 0 Å². The Kier molecular flexibility index (Phi) is 4.90. The van der Waals surface area contributed by atoms with E-state index in [4.69, 9.17) is 4.74 Å². The standard InChI is InChI=1S/C21H21N3O2S/c1-14-6-7-15(2)19(10-14)26-13-20(25)22-17-5-3-4-16(11-17)18-12-24-8-9-27-21(24)23-18/h3-7,10-12H,8-9,13H2,1-2H3,(H,22,25). The molecule has 1 aliphatic heterocycles. The van der Waals surface area contributed by atoms with Gasteiger partial charge >= 0.3 is 0 Å². The van der Waals surface area contributed by atoms with Gasteiger partial charge in [0.05, 0.1) is 5.69 Å². The van der Waals surface area contributed by atoms with Gasteiger partial charge in [-0.05, 0) is 43.2 Å². The first kappa shape index (κ1) is 17.7. The van der Waals surface area contributed by atoms with Gasteiger partial charge in [0, 0.05) is 29.7 Å². The van der Waals surface area contributed by atoms with Gasteiger partial charge in [0.1, 0.15) is 5.75 Å². The van der Waals surface area contributed by atoms with Gasteiger partial charge in [-0.3, -0.25) is 4.79 Å². The maximum Gasteiger partial charge on any atom is 0.262 e. The lowest BCUT2D eigenvalue weighted by Gasteiger charge is -2.11. The molecule has 1 aromatic heterocycles. The highest BCUT2D eigenvalue weighted by Crippen LogP contribution is 2.29. The number of thioether (sulfide) groups is 1. The molecule has 4 rings (SSSR count). The Morgan fingerprint density at radius 3 is 3.00 bits per heavy atom. The van der Waals surface area contributed by atoms with Crippen molar-refractivity contribution in [2.45, 2.75) is 25.5 Å². The summed E-state index contributed by atoms with van der Waals surface area (Å²) < 4.78 is 7.85. The van der Waals surface area contributed by atoms with Crippen LogP contribution in [0.3, 0.4) is 0 Å². The van der Waals surface area contributed by atoms with Crippen molar-refractivity contribution in [2.24, 2.45) is 0 Å². The van der Waals surface area contributed by atoms with Gasteiger partial charge in [-0.15, -0.1) is 0 Å². The number of nitrogens with zero attached hydrogens (tertiary/aromatic N) is 2. The second-order valence-electron chi connectivity index (χ2n) is 6.64. The largest absolute Gasteiger partial charge is 0.483 e. The summed E-state index contributed by atoms with van der Waals surface area (Å²) in [4.78, 5) is 16.9. The van der Waals surface area contributed by atoms with Crippen molar-refractivity contribution >= 4 is 23.4 Å². The van der Waals surface area contributed by atoms with Gasteiger partial charge in [-0.2, -0.15) is 0 Å². The molecule has 3 aromatic rings. The Morgan fingerprint density at radius 2 is 2.15 bits per heavy atom. The number of nitrogens with one attached hydrogen (secondary N) is 1. The molecule has 0 atom stereocenters. The first-order valence-electron chi connectivity index (χ1n) is 8.89. The summed E-state index contributed by atoms with van der Waals surface area (Å²) in [5, 5.41) is 3.96. The lowest BCUT2D eigenvalue weighted by atomic mass is 10.1. The third-order valence-electron chi connectivity index (χ3n) is 4.45. The number of anilines is 1. The maximum atomic E-state index is 12.3. The fourth-order valence-corrected chi connectivity index (χ4v) is 3.95. The second kappa shape index (κ2) is 7.48. The molecule has 6 heteroatoms. The predicted molar refractivity (Wildman–Crippen MR) is 108 cm³/mol. The van der Waals surface area contributed by atoms with Crippen molar-refractivity contribution in [1.82, 2.24) is 9.55 Å². The summed E-state index contributed by atoms with van der Waals surface area (Å²) in [7, 11) is 0. The van der Waals surface area contributed by atoms with Gasteiger partial charge in [-0.25, -0.2) is 4.98 Å². The monoisotopic (exact) mass is 379 g/mol. The molecule has 138 valence electrons. The number of hydrogen-bond donors (Lipinski definition) is 1. The Bertz CT molecular complexity index is 975. The predicted octanol–water partition coefficient (Wildman–Crippen LogP) is 4.29. The highest BCUT2D eigenvalue weighted by molar-refractivity contribution is 7.99. The molecule has 0 bridgehead atoms. The zero-order valence-electron chi connectivity index (χ0n) is 15.4. The fraction of sp³-hybridized carbons (Fsp3) is 0.238. The minimum absolute atomic E-state index is 0.0239. The summed E-state index contributed by atoms with van der Waals surface area (Å²) in [6.07, 6.45) is 2.07. The van der Waals surface area contributed by atoms with Crippen LogP contribution in [0.5, 0.6) is 5.75 Å². The highest BCUT2D eigenvalue weighted by Gasteiger charge is 2.15. The van der Waals surface area contributed by atoms with Crippen LogP contribution < -0.4 is 10.1 Å². The second-order valence-corrected chi connectivity index (χ2v) is 7.70. The van der Waals surface area contributed by atoms with Crippen LogP contribution in [0.15, 0.2) is 53.8 Å². The van der Waals surface area contributed by atoms with Crippen LogP contribution in [0.25, 0.3) is 11.3 Å². The average molecular weight is 379 g/mol. The Morgan fingerprint density at radius 1 is 1.26 bits per heavy atom. The summed E-state index contributed by atoms with van der Waals surface area (Å²) in [6.45, 7) is 4.95. The van der Waals surface area contributed by atoms with E-state index in [-0.39, 0.29) is 12.5 Å². The highest BCUT2D eigenvalue weighted by atomic mass is 32.2. The Balaban J connectivity index is 1.41. The minimum Gasteiger partial charge on any atom is -0.483 e. The van der Waals surface area contributed by atoms with Gasteiger partial charge in [-0.1, -0.05) is 36.0 Å². The van der Waals surface area contributed by atoms with E-state index in [1.165, 1.54) is 0 Å². The Labute approximate surface area is 162 Å². The third kappa shape index (κ3) is 4.01. The van der Waals surface area contributed by atoms with E-state index >= 15 is 0 Å². The number of rotatable bonds is 5. The van der Waals surface area contributed by atoms with Crippen LogP contribution in [0.2, 0.25) is 0 Å². The van der Waals surface area contributed by atoms with Crippen molar-refractivity contribution in [3.05, 3.63) is 59.8 Å². The Hall–Kier alpha value is -2.73. The first-order chi connectivity index (χ1) is 13.1. The van der Waals surface area contributed by atoms with Crippen molar-refractivity contribution in [1.29, 1.82) is 0 Å². The molecule has 2 heterocycles. The molecule has 0 saturated heterocycles. The molecule has 1 N–H and O–H groups in total. The van der Waals surface area contributed by atoms with Gasteiger partial charge in [0.15, 0.2) is 11.8 Å². The number of benzene rings is 2. The molecular formula is C21H21N3O2S. The van der Waals surface area contributed by atoms with E-state index in [0.29, 0.717) is 0 Å². The van der Waals surface area contributed by atoms with E-state index in [0.717, 1.165) is 51.3 Å². The SMILES string of the molecule is Cc1ccc(C)c(OCC(=O)Nc2cccc(-c3cn4c(n3)SCC4)c2)c1. The lowest BCUT2D eigenvalue weighted by Crippen LogP contribution is -2.20. The number of carbonyl (C=O) groups is 1. The normalized spacial score (nSPS) is 12.7. The third-order valence-corrected chi connectivity index (χ3v) is 5.42. The van der Waals surface area contributed by atoms with E-state index in [1.54, 1.807) is 11.8 Å². The van der Waals surface area contributed by atoms with Gasteiger partial charge in [0.25, 0.3) is 5.91 Å². The van der Waals surface area contributed by atoms with Crippen LogP contribution in [-0.2, 0) is 11.3 Å². The van der Waals surface area contributed by atoms with Gasteiger partial charge < -0.3 is 14.6 Å². The van der Waals surface area contributed by atoms with Crippen LogP contribution in [0, 0.1) is 13.8 Å². The van der Waals surface area contributed by atoms with Crippen molar-refractivity contribution in [3.63, 3.8) is 0 Å². The number of hydrogen-bond acceptors (Lipinski definition) is 4. The lowest BCUT2D eigenvalue weighted by molar-refractivity contribution is -0.118. The molecule has 27 heavy (non-hydrogen) atoms. The number of imidazole rings is 1. The van der Waals surface area contributed by atoms with Crippen molar-refractivity contribution in [2.75, 3.05) is 17.7 Å². The molecule has 0 radical (unpaired) electrons. The molecule has 0 saturated carbocycles. The number of ether oxygens (including phenoxy) is 1.